The number of benzene rings is 2. The number of hydrogen-bond acceptors (Lipinski definition) is 3. The van der Waals surface area contributed by atoms with Crippen LogP contribution in [0.25, 0.3) is 0 Å². The maximum Gasteiger partial charge on any atom is 0.337 e. The summed E-state index contributed by atoms with van der Waals surface area (Å²) in [4.78, 5) is 11.3. The Balaban J connectivity index is 2.02. The normalized spacial score (nSPS) is 10.4. The third kappa shape index (κ3) is 4.53. The van der Waals surface area contributed by atoms with Gasteiger partial charge in [-0.25, -0.2) is 4.79 Å². The molecule has 4 nitrogen and oxygen atoms in total. The smallest absolute Gasteiger partial charge is 0.337 e. The molecule has 0 aromatic heterocycles. The Labute approximate surface area is 145 Å². The van der Waals surface area contributed by atoms with Crippen molar-refractivity contribution in [2.45, 2.75) is 13.8 Å². The highest BCUT2D eigenvalue weighted by molar-refractivity contribution is 6.37. The van der Waals surface area contributed by atoms with Crippen molar-refractivity contribution in [3.8, 4) is 5.75 Å². The fourth-order valence-corrected chi connectivity index (χ4v) is 2.68. The van der Waals surface area contributed by atoms with E-state index in [9.17, 15) is 9.90 Å². The molecule has 0 heterocycles. The zero-order valence-corrected chi connectivity index (χ0v) is 14.3. The lowest BCUT2D eigenvalue weighted by atomic mass is 10.1. The predicted molar refractivity (Wildman–Crippen MR) is 93.3 cm³/mol. The Kier molecular flexibility index (Phi) is 5.74. The zero-order chi connectivity index (χ0) is 17.0. The van der Waals surface area contributed by atoms with Crippen LogP contribution in [-0.4, -0.2) is 24.2 Å². The minimum Gasteiger partial charge on any atom is -0.491 e. The summed E-state index contributed by atoms with van der Waals surface area (Å²) in [6.07, 6.45) is 0. The van der Waals surface area contributed by atoms with Crippen LogP contribution in [-0.2, 0) is 0 Å². The van der Waals surface area contributed by atoms with Gasteiger partial charge >= 0.3 is 5.97 Å². The van der Waals surface area contributed by atoms with Gasteiger partial charge in [-0.05, 0) is 43.2 Å². The van der Waals surface area contributed by atoms with Gasteiger partial charge in [-0.1, -0.05) is 35.3 Å². The minimum atomic E-state index is -1.09. The number of carboxylic acid groups (broad SMARTS) is 1. The second kappa shape index (κ2) is 7.57. The predicted octanol–water partition coefficient (Wildman–Crippen LogP) is 4.80. The van der Waals surface area contributed by atoms with Gasteiger partial charge in [0.05, 0.1) is 16.3 Å². The minimum absolute atomic E-state index is 0.0363. The van der Waals surface area contributed by atoms with Gasteiger partial charge in [-0.15, -0.1) is 0 Å². The molecule has 0 aliphatic rings. The molecule has 0 fully saturated rings. The quantitative estimate of drug-likeness (QED) is 0.732. The number of ether oxygens (including phenoxy) is 1. The van der Waals surface area contributed by atoms with Crippen molar-refractivity contribution in [3.63, 3.8) is 0 Å². The van der Waals surface area contributed by atoms with Crippen LogP contribution in [0.15, 0.2) is 30.3 Å². The van der Waals surface area contributed by atoms with Crippen LogP contribution in [0.1, 0.15) is 21.5 Å². The molecule has 0 unspecified atom stereocenters. The van der Waals surface area contributed by atoms with Crippen LogP contribution in [0, 0.1) is 13.8 Å². The number of aromatic carboxylic acids is 1. The topological polar surface area (TPSA) is 58.6 Å². The molecule has 2 aromatic rings. The first-order valence-corrected chi connectivity index (χ1v) is 7.80. The molecule has 2 aromatic carbocycles. The van der Waals surface area contributed by atoms with Crippen LogP contribution >= 0.6 is 23.2 Å². The molecular formula is C17H17Cl2NO3. The van der Waals surface area contributed by atoms with Crippen molar-refractivity contribution in [1.82, 2.24) is 0 Å². The Morgan fingerprint density at radius 2 is 1.96 bits per heavy atom. The molecule has 2 N–H and O–H groups in total. The van der Waals surface area contributed by atoms with Gasteiger partial charge in [0, 0.05) is 11.6 Å². The largest absolute Gasteiger partial charge is 0.491 e. The first-order chi connectivity index (χ1) is 10.9. The van der Waals surface area contributed by atoms with E-state index in [4.69, 9.17) is 27.9 Å². The summed E-state index contributed by atoms with van der Waals surface area (Å²) in [5.74, 6) is -0.278. The van der Waals surface area contributed by atoms with E-state index in [-0.39, 0.29) is 15.6 Å². The zero-order valence-electron chi connectivity index (χ0n) is 12.8. The summed E-state index contributed by atoms with van der Waals surface area (Å²) in [6.45, 7) is 4.76. The summed E-state index contributed by atoms with van der Waals surface area (Å²) < 4.78 is 5.72. The summed E-state index contributed by atoms with van der Waals surface area (Å²) in [6, 6.07) is 8.85. The number of anilines is 1. The fraction of sp³-hybridized carbons (Fsp3) is 0.235. The van der Waals surface area contributed by atoms with Crippen molar-refractivity contribution in [3.05, 3.63) is 57.1 Å². The summed E-state index contributed by atoms with van der Waals surface area (Å²) in [5, 5.41) is 12.8. The number of nitrogens with one attached hydrogen (secondary N) is 1. The van der Waals surface area contributed by atoms with E-state index in [2.05, 4.69) is 5.32 Å². The summed E-state index contributed by atoms with van der Waals surface area (Å²) in [7, 11) is 0. The van der Waals surface area contributed by atoms with E-state index in [1.807, 2.05) is 32.0 Å². The number of halogens is 2. The van der Waals surface area contributed by atoms with Crippen molar-refractivity contribution in [2.75, 3.05) is 18.5 Å². The van der Waals surface area contributed by atoms with Gasteiger partial charge in [0.25, 0.3) is 0 Å². The molecule has 0 radical (unpaired) electrons. The van der Waals surface area contributed by atoms with Crippen molar-refractivity contribution < 1.29 is 14.6 Å². The number of carbonyl (C=O) groups is 1. The van der Waals surface area contributed by atoms with E-state index in [1.165, 1.54) is 12.1 Å². The molecule has 122 valence electrons. The lowest BCUT2D eigenvalue weighted by Crippen LogP contribution is -2.14. The molecule has 0 aliphatic carbocycles. The Hall–Kier alpha value is -1.91. The molecule has 0 atom stereocenters. The number of carboxylic acids is 1. The van der Waals surface area contributed by atoms with Gasteiger partial charge in [-0.2, -0.15) is 0 Å². The molecule has 2 rings (SSSR count). The average Bonchev–Trinajstić information content (AvgIpc) is 2.48. The highest BCUT2D eigenvalue weighted by atomic mass is 35.5. The van der Waals surface area contributed by atoms with E-state index >= 15 is 0 Å². The molecule has 6 heteroatoms. The standard InChI is InChI=1S/C17H17Cl2NO3/c1-10-3-4-11(2)15(7-10)23-6-5-20-16-13(17(21)22)8-12(18)9-14(16)19/h3-4,7-9,20H,5-6H2,1-2H3,(H,21,22). The monoisotopic (exact) mass is 353 g/mol. The number of aryl methyl sites for hydroxylation is 2. The third-order valence-corrected chi connectivity index (χ3v) is 3.81. The lowest BCUT2D eigenvalue weighted by Gasteiger charge is -2.14. The fourth-order valence-electron chi connectivity index (χ4n) is 2.12. The van der Waals surface area contributed by atoms with Crippen LogP contribution in [0.2, 0.25) is 10.0 Å². The molecule has 0 amide bonds. The van der Waals surface area contributed by atoms with E-state index in [1.54, 1.807) is 0 Å². The molecular weight excluding hydrogens is 337 g/mol. The lowest BCUT2D eigenvalue weighted by molar-refractivity contribution is 0.0698. The molecule has 0 bridgehead atoms. The first kappa shape index (κ1) is 17.4. The summed E-state index contributed by atoms with van der Waals surface area (Å²) >= 11 is 11.9. The summed E-state index contributed by atoms with van der Waals surface area (Å²) in [5.41, 5.74) is 2.54. The maximum atomic E-state index is 11.3. The van der Waals surface area contributed by atoms with Crippen LogP contribution < -0.4 is 10.1 Å². The second-order valence-electron chi connectivity index (χ2n) is 5.16. The van der Waals surface area contributed by atoms with Crippen LogP contribution in [0.5, 0.6) is 5.75 Å². The molecule has 0 saturated heterocycles. The highest BCUT2D eigenvalue weighted by Gasteiger charge is 2.14. The van der Waals surface area contributed by atoms with Crippen LogP contribution in [0.4, 0.5) is 5.69 Å². The highest BCUT2D eigenvalue weighted by Crippen LogP contribution is 2.30. The molecule has 23 heavy (non-hydrogen) atoms. The van der Waals surface area contributed by atoms with E-state index < -0.39 is 5.97 Å². The Bertz CT molecular complexity index is 732. The van der Waals surface area contributed by atoms with Gasteiger partial charge in [0.1, 0.15) is 12.4 Å². The average molecular weight is 354 g/mol. The van der Waals surface area contributed by atoms with Gasteiger partial charge < -0.3 is 15.2 Å². The Morgan fingerprint density at radius 1 is 1.22 bits per heavy atom. The number of hydrogen-bond donors (Lipinski definition) is 2. The van der Waals surface area contributed by atoms with Crippen molar-refractivity contribution >= 4 is 34.9 Å². The van der Waals surface area contributed by atoms with E-state index in [0.717, 1.165) is 16.9 Å². The SMILES string of the molecule is Cc1ccc(C)c(OCCNc2c(Cl)cc(Cl)cc2C(=O)O)c1. The van der Waals surface area contributed by atoms with Gasteiger partial charge in [-0.3, -0.25) is 0 Å². The van der Waals surface area contributed by atoms with E-state index in [0.29, 0.717) is 18.8 Å². The van der Waals surface area contributed by atoms with Gasteiger partial charge in [0.15, 0.2) is 0 Å². The molecule has 0 aliphatic heterocycles. The maximum absolute atomic E-state index is 11.3. The van der Waals surface area contributed by atoms with Gasteiger partial charge in [0.2, 0.25) is 0 Å². The third-order valence-electron chi connectivity index (χ3n) is 3.29. The Morgan fingerprint density at radius 3 is 2.65 bits per heavy atom. The van der Waals surface area contributed by atoms with Crippen molar-refractivity contribution in [1.29, 1.82) is 0 Å². The number of rotatable bonds is 6. The molecule has 0 saturated carbocycles. The molecule has 0 spiro atoms. The first-order valence-electron chi connectivity index (χ1n) is 7.04. The second-order valence-corrected chi connectivity index (χ2v) is 6.00. The van der Waals surface area contributed by atoms with Crippen molar-refractivity contribution in [2.24, 2.45) is 0 Å². The van der Waals surface area contributed by atoms with Crippen LogP contribution in [0.3, 0.4) is 0 Å².